The summed E-state index contributed by atoms with van der Waals surface area (Å²) in [5.74, 6) is -2.70. The third-order valence-corrected chi connectivity index (χ3v) is 7.48. The van der Waals surface area contributed by atoms with Crippen LogP contribution in [0, 0.1) is 17.2 Å². The lowest BCUT2D eigenvalue weighted by Gasteiger charge is -2.26. The third kappa shape index (κ3) is 5.05. The number of morpholine rings is 1. The van der Waals surface area contributed by atoms with Crippen LogP contribution in [-0.4, -0.2) is 52.7 Å². The maximum Gasteiger partial charge on any atom is 0.245 e. The highest BCUT2D eigenvalue weighted by Crippen LogP contribution is 2.40. The van der Waals surface area contributed by atoms with E-state index in [2.05, 4.69) is 21.4 Å². The molecule has 0 saturated carbocycles. The molecule has 40 heavy (non-hydrogen) atoms. The number of hydrogen-bond acceptors (Lipinski definition) is 6. The van der Waals surface area contributed by atoms with Crippen LogP contribution < -0.4 is 5.32 Å². The van der Waals surface area contributed by atoms with E-state index in [9.17, 15) is 14.9 Å². The second kappa shape index (κ2) is 11.3. The molecule has 200 valence electrons. The van der Waals surface area contributed by atoms with Crippen molar-refractivity contribution in [3.05, 3.63) is 107 Å². The number of ether oxygens (including phenoxy) is 1. The average molecular weight is 532 g/mol. The normalized spacial score (nSPS) is 15.1. The van der Waals surface area contributed by atoms with Gasteiger partial charge in [-0.15, -0.1) is 0 Å². The van der Waals surface area contributed by atoms with Crippen molar-refractivity contribution in [3.8, 4) is 23.0 Å². The fourth-order valence-corrected chi connectivity index (χ4v) is 5.46. The van der Waals surface area contributed by atoms with E-state index in [-0.39, 0.29) is 12.2 Å². The van der Waals surface area contributed by atoms with E-state index in [0.717, 1.165) is 72.0 Å². The molecule has 1 aliphatic carbocycles. The highest BCUT2D eigenvalue weighted by molar-refractivity contribution is 6.12. The number of para-hydroxylation sites is 1. The minimum absolute atomic E-state index is 0.171. The number of nitrogens with one attached hydrogen (secondary N) is 1. The Hall–Kier alpha value is -4.58. The van der Waals surface area contributed by atoms with E-state index in [1.54, 1.807) is 4.68 Å². The number of fused-ring (bicyclic) bond motifs is 3. The number of rotatable bonds is 8. The van der Waals surface area contributed by atoms with Gasteiger partial charge in [-0.1, -0.05) is 66.7 Å². The smallest absolute Gasteiger partial charge is 0.245 e. The summed E-state index contributed by atoms with van der Waals surface area (Å²) in [6.45, 7) is 4.28. The van der Waals surface area contributed by atoms with Crippen LogP contribution >= 0.6 is 0 Å². The summed E-state index contributed by atoms with van der Waals surface area (Å²) in [4.78, 5) is 29.2. The molecule has 1 fully saturated rings. The molecule has 8 nitrogen and oxygen atoms in total. The van der Waals surface area contributed by atoms with Gasteiger partial charge in [-0.25, -0.2) is 4.68 Å². The zero-order valence-corrected chi connectivity index (χ0v) is 22.0. The number of nitriles is 1. The summed E-state index contributed by atoms with van der Waals surface area (Å²) in [7, 11) is 0. The highest BCUT2D eigenvalue weighted by Gasteiger charge is 2.36. The van der Waals surface area contributed by atoms with Gasteiger partial charge in [0, 0.05) is 43.7 Å². The van der Waals surface area contributed by atoms with Crippen LogP contribution in [0.1, 0.15) is 32.7 Å². The fourth-order valence-electron chi connectivity index (χ4n) is 5.46. The average Bonchev–Trinajstić information content (AvgIpc) is 3.55. The van der Waals surface area contributed by atoms with Crippen molar-refractivity contribution in [3.63, 3.8) is 0 Å². The molecule has 4 aromatic rings. The Morgan fingerprint density at radius 3 is 2.52 bits per heavy atom. The molecule has 1 atom stereocenters. The van der Waals surface area contributed by atoms with Gasteiger partial charge in [0.2, 0.25) is 11.7 Å². The maximum absolute atomic E-state index is 13.7. The first-order valence-corrected chi connectivity index (χ1v) is 13.5. The molecule has 1 amide bonds. The number of ketones is 1. The molecule has 1 aromatic heterocycles. The summed E-state index contributed by atoms with van der Waals surface area (Å²) in [5.41, 5.74) is 6.70. The number of Topliss-reactive ketones (excluding diaryl/α,β-unsaturated/α-hetero) is 1. The zero-order valence-electron chi connectivity index (χ0n) is 22.0. The van der Waals surface area contributed by atoms with Crippen molar-refractivity contribution >= 4 is 11.7 Å². The molecule has 0 spiro atoms. The Morgan fingerprint density at radius 2 is 1.73 bits per heavy atom. The fraction of sp³-hybridized carbons (Fsp3) is 0.250. The van der Waals surface area contributed by atoms with Crippen LogP contribution in [0.15, 0.2) is 78.9 Å². The molecule has 1 aliphatic heterocycles. The minimum Gasteiger partial charge on any atom is -0.379 e. The number of hydrogen-bond donors (Lipinski definition) is 1. The summed E-state index contributed by atoms with van der Waals surface area (Å²) in [6.07, 6.45) is 0.523. The van der Waals surface area contributed by atoms with Crippen molar-refractivity contribution in [1.82, 2.24) is 20.0 Å². The zero-order chi connectivity index (χ0) is 27.5. The van der Waals surface area contributed by atoms with Crippen molar-refractivity contribution in [2.75, 3.05) is 26.3 Å². The first-order chi connectivity index (χ1) is 19.6. The van der Waals surface area contributed by atoms with Crippen LogP contribution in [-0.2, 0) is 29.0 Å². The van der Waals surface area contributed by atoms with E-state index in [1.165, 1.54) is 0 Å². The largest absolute Gasteiger partial charge is 0.379 e. The molecule has 1 N–H and O–H groups in total. The summed E-state index contributed by atoms with van der Waals surface area (Å²) in [5, 5.41) is 17.4. The number of carbonyl (C=O) groups is 2. The molecule has 1 saturated heterocycles. The van der Waals surface area contributed by atoms with Gasteiger partial charge in [-0.3, -0.25) is 14.5 Å². The van der Waals surface area contributed by atoms with E-state index >= 15 is 0 Å². The lowest BCUT2D eigenvalue weighted by atomic mass is 9.98. The predicted molar refractivity (Wildman–Crippen MR) is 150 cm³/mol. The van der Waals surface area contributed by atoms with Crippen LogP contribution in [0.25, 0.3) is 16.9 Å². The Balaban J connectivity index is 1.21. The maximum atomic E-state index is 13.7. The number of amides is 1. The molecule has 1 unspecified atom stereocenters. The number of carbonyl (C=O) groups excluding carboxylic acids is 2. The number of benzene rings is 3. The standard InChI is InChI=1S/C32H29N5O3/c33-19-28(32(39)34-20-22-7-6-8-23(17-22)21-36-13-15-40-16-14-36)31(38)29-27-18-24-9-4-5-12-26(24)30(27)37(35-29)25-10-2-1-3-11-25/h1-12,17,28H,13-16,18,20-21H2,(H,34,39). The van der Waals surface area contributed by atoms with Crippen LogP contribution in [0.4, 0.5) is 0 Å². The van der Waals surface area contributed by atoms with Gasteiger partial charge in [-0.05, 0) is 28.8 Å². The Kier molecular flexibility index (Phi) is 7.23. The second-order valence-corrected chi connectivity index (χ2v) is 10.1. The topological polar surface area (TPSA) is 100 Å². The quantitative estimate of drug-likeness (QED) is 0.241. The Morgan fingerprint density at radius 1 is 0.975 bits per heavy atom. The van der Waals surface area contributed by atoms with Crippen molar-refractivity contribution in [2.24, 2.45) is 5.92 Å². The van der Waals surface area contributed by atoms with Gasteiger partial charge in [0.15, 0.2) is 5.92 Å². The molecular weight excluding hydrogens is 502 g/mol. The van der Waals surface area contributed by atoms with Gasteiger partial charge < -0.3 is 10.1 Å². The molecule has 3 aromatic carbocycles. The van der Waals surface area contributed by atoms with Crippen LogP contribution in [0.5, 0.6) is 0 Å². The first kappa shape index (κ1) is 25.7. The summed E-state index contributed by atoms with van der Waals surface area (Å²) < 4.78 is 7.18. The summed E-state index contributed by atoms with van der Waals surface area (Å²) in [6, 6.07) is 27.5. The van der Waals surface area contributed by atoms with Gasteiger partial charge >= 0.3 is 0 Å². The SMILES string of the molecule is N#CC(C(=O)NCc1cccc(CN2CCOCC2)c1)C(=O)c1nn(-c2ccccc2)c2c1Cc1ccccc1-2. The van der Waals surface area contributed by atoms with Gasteiger partial charge in [-0.2, -0.15) is 10.4 Å². The van der Waals surface area contributed by atoms with Gasteiger partial charge in [0.25, 0.3) is 0 Å². The van der Waals surface area contributed by atoms with Crippen molar-refractivity contribution in [2.45, 2.75) is 19.5 Å². The molecule has 2 heterocycles. The first-order valence-electron chi connectivity index (χ1n) is 13.5. The Labute approximate surface area is 232 Å². The highest BCUT2D eigenvalue weighted by atomic mass is 16.5. The van der Waals surface area contributed by atoms with E-state index in [1.807, 2.05) is 78.9 Å². The molecule has 8 heteroatoms. The molecular formula is C32H29N5O3. The monoisotopic (exact) mass is 531 g/mol. The van der Waals surface area contributed by atoms with Crippen molar-refractivity contribution < 1.29 is 14.3 Å². The lowest BCUT2D eigenvalue weighted by molar-refractivity contribution is -0.122. The van der Waals surface area contributed by atoms with Crippen LogP contribution in [0.2, 0.25) is 0 Å². The lowest BCUT2D eigenvalue weighted by Crippen LogP contribution is -2.36. The number of aromatic nitrogens is 2. The van der Waals surface area contributed by atoms with Crippen LogP contribution in [0.3, 0.4) is 0 Å². The van der Waals surface area contributed by atoms with E-state index < -0.39 is 17.6 Å². The number of nitrogens with zero attached hydrogens (tertiary/aromatic N) is 4. The third-order valence-electron chi connectivity index (χ3n) is 7.48. The Bertz CT molecular complexity index is 1600. The van der Waals surface area contributed by atoms with E-state index in [4.69, 9.17) is 4.74 Å². The molecule has 2 aliphatic rings. The second-order valence-electron chi connectivity index (χ2n) is 10.1. The van der Waals surface area contributed by atoms with E-state index in [0.29, 0.717) is 6.42 Å². The van der Waals surface area contributed by atoms with Crippen molar-refractivity contribution in [1.29, 1.82) is 5.26 Å². The summed E-state index contributed by atoms with van der Waals surface area (Å²) >= 11 is 0. The molecule has 0 bridgehead atoms. The molecule has 6 rings (SSSR count). The van der Waals surface area contributed by atoms with Gasteiger partial charge in [0.05, 0.1) is 30.7 Å². The predicted octanol–water partition coefficient (Wildman–Crippen LogP) is 3.91. The molecule has 0 radical (unpaired) electrons. The van der Waals surface area contributed by atoms with Gasteiger partial charge in [0.1, 0.15) is 5.69 Å². The minimum atomic E-state index is -1.50.